The Balaban J connectivity index is 1.51. The second-order valence-corrected chi connectivity index (χ2v) is 10.8. The number of piperidine rings is 1. The van der Waals surface area contributed by atoms with Gasteiger partial charge in [0, 0.05) is 60.4 Å². The van der Waals surface area contributed by atoms with E-state index in [0.29, 0.717) is 22.8 Å². The van der Waals surface area contributed by atoms with E-state index in [2.05, 4.69) is 62.6 Å². The zero-order chi connectivity index (χ0) is 27.4. The predicted molar refractivity (Wildman–Crippen MR) is 158 cm³/mol. The number of rotatable bonds is 8. The van der Waals surface area contributed by atoms with E-state index in [9.17, 15) is 10.1 Å². The maximum Gasteiger partial charge on any atom is 0.168 e. The Morgan fingerprint density at radius 3 is 2.36 bits per heavy atom. The molecule has 0 unspecified atom stereocenters. The first-order chi connectivity index (χ1) is 19.0. The average molecular weight is 521 g/mol. The van der Waals surface area contributed by atoms with Gasteiger partial charge in [0.1, 0.15) is 11.5 Å². The van der Waals surface area contributed by atoms with Crippen molar-refractivity contribution in [1.29, 1.82) is 10.7 Å². The van der Waals surface area contributed by atoms with Crippen molar-refractivity contribution in [3.05, 3.63) is 65.9 Å². The molecule has 2 N–H and O–H groups in total. The van der Waals surface area contributed by atoms with Crippen LogP contribution in [0.5, 0.6) is 0 Å². The quantitative estimate of drug-likeness (QED) is 0.254. The molecule has 7 heteroatoms. The molecule has 0 amide bonds. The molecule has 2 aliphatic rings. The number of aldehydes is 1. The van der Waals surface area contributed by atoms with Gasteiger partial charge in [-0.2, -0.15) is 5.26 Å². The zero-order valence-corrected chi connectivity index (χ0v) is 22.8. The molecule has 2 aliphatic heterocycles. The van der Waals surface area contributed by atoms with Gasteiger partial charge in [0.05, 0.1) is 6.07 Å². The lowest BCUT2D eigenvalue weighted by Crippen LogP contribution is -2.33. The summed E-state index contributed by atoms with van der Waals surface area (Å²) in [6, 6.07) is 20.8. The molecule has 0 bridgehead atoms. The number of pyridine rings is 1. The topological polar surface area (TPSA) is 96.1 Å². The monoisotopic (exact) mass is 520 g/mol. The molecule has 0 radical (unpaired) electrons. The molecule has 2 aromatic carbocycles. The molecule has 39 heavy (non-hydrogen) atoms. The van der Waals surface area contributed by atoms with Crippen molar-refractivity contribution < 1.29 is 4.79 Å². The van der Waals surface area contributed by atoms with Gasteiger partial charge in [0.15, 0.2) is 6.29 Å². The van der Waals surface area contributed by atoms with Crippen LogP contribution >= 0.6 is 0 Å². The Morgan fingerprint density at radius 2 is 1.72 bits per heavy atom. The van der Waals surface area contributed by atoms with E-state index >= 15 is 0 Å². The maximum atomic E-state index is 12.0. The fraction of sp³-hybridized carbons (Fsp3) is 0.375. The van der Waals surface area contributed by atoms with Gasteiger partial charge in [-0.3, -0.25) is 4.79 Å². The van der Waals surface area contributed by atoms with Gasteiger partial charge < -0.3 is 20.5 Å². The summed E-state index contributed by atoms with van der Waals surface area (Å²) in [6.07, 6.45) is 4.95. The summed E-state index contributed by atoms with van der Waals surface area (Å²) in [6.45, 7) is 7.87. The van der Waals surface area contributed by atoms with Gasteiger partial charge in [-0.1, -0.05) is 32.0 Å². The van der Waals surface area contributed by atoms with Crippen LogP contribution in [0.15, 0.2) is 54.6 Å². The summed E-state index contributed by atoms with van der Waals surface area (Å²) in [5.74, 6) is 0.644. The molecule has 2 fully saturated rings. The third-order valence-electron chi connectivity index (χ3n) is 7.81. The fourth-order valence-electron chi connectivity index (χ4n) is 5.52. The number of benzene rings is 2. The summed E-state index contributed by atoms with van der Waals surface area (Å²) in [5.41, 5.74) is 6.43. The van der Waals surface area contributed by atoms with Gasteiger partial charge in [-0.15, -0.1) is 0 Å². The standard InChI is InChI=1S/C32H36N6O/c1-22(2)31(34)30-29(24-8-10-27(11-9-24)38-16-12-23(20-33)13-17-38)19-26(21-39)36-32(30)35-25-6-5-7-28(18-25)37-14-3-4-15-37/h5-11,18-19,21-23,34H,3-4,12-17H2,1-2H3,(H,35,36). The number of nitriles is 1. The number of carbonyl (C=O) groups is 1. The zero-order valence-electron chi connectivity index (χ0n) is 22.8. The summed E-state index contributed by atoms with van der Waals surface area (Å²) >= 11 is 0. The lowest BCUT2D eigenvalue weighted by Gasteiger charge is -2.31. The minimum atomic E-state index is -0.0233. The number of hydrogen-bond acceptors (Lipinski definition) is 7. The summed E-state index contributed by atoms with van der Waals surface area (Å²) in [7, 11) is 0. The van der Waals surface area contributed by atoms with Crippen molar-refractivity contribution in [2.45, 2.75) is 39.5 Å². The van der Waals surface area contributed by atoms with Gasteiger partial charge in [0.25, 0.3) is 0 Å². The molecule has 200 valence electrons. The van der Waals surface area contributed by atoms with Crippen molar-refractivity contribution >= 4 is 34.9 Å². The van der Waals surface area contributed by atoms with Crippen LogP contribution < -0.4 is 15.1 Å². The second-order valence-electron chi connectivity index (χ2n) is 10.8. The number of hydrogen-bond donors (Lipinski definition) is 2. The Bertz CT molecular complexity index is 1380. The first-order valence-electron chi connectivity index (χ1n) is 13.9. The van der Waals surface area contributed by atoms with Crippen molar-refractivity contribution in [2.75, 3.05) is 41.3 Å². The number of nitrogens with one attached hydrogen (secondary N) is 2. The van der Waals surface area contributed by atoms with Gasteiger partial charge in [-0.25, -0.2) is 4.98 Å². The average Bonchev–Trinajstić information content (AvgIpc) is 3.52. The summed E-state index contributed by atoms with van der Waals surface area (Å²) in [5, 5.41) is 21.7. The summed E-state index contributed by atoms with van der Waals surface area (Å²) < 4.78 is 0. The smallest absolute Gasteiger partial charge is 0.168 e. The third-order valence-corrected chi connectivity index (χ3v) is 7.81. The highest BCUT2D eigenvalue weighted by Crippen LogP contribution is 2.35. The van der Waals surface area contributed by atoms with Crippen LogP contribution in [0.3, 0.4) is 0 Å². The van der Waals surface area contributed by atoms with Crippen LogP contribution in [-0.2, 0) is 0 Å². The highest BCUT2D eigenvalue weighted by Gasteiger charge is 2.22. The van der Waals surface area contributed by atoms with Gasteiger partial charge >= 0.3 is 0 Å². The molecule has 0 aliphatic carbocycles. The van der Waals surface area contributed by atoms with Gasteiger partial charge in [-0.05, 0) is 79.1 Å². The minimum absolute atomic E-state index is 0.0233. The highest BCUT2D eigenvalue weighted by molar-refractivity contribution is 6.10. The van der Waals surface area contributed by atoms with Crippen LogP contribution in [0.2, 0.25) is 0 Å². The molecule has 0 atom stereocenters. The van der Waals surface area contributed by atoms with Crippen molar-refractivity contribution in [2.24, 2.45) is 11.8 Å². The Kier molecular flexibility index (Phi) is 7.92. The predicted octanol–water partition coefficient (Wildman–Crippen LogP) is 6.67. The molecule has 1 aromatic heterocycles. The van der Waals surface area contributed by atoms with Crippen LogP contribution in [0.25, 0.3) is 11.1 Å². The van der Waals surface area contributed by atoms with Crippen molar-refractivity contribution in [3.63, 3.8) is 0 Å². The molecular weight excluding hydrogens is 484 g/mol. The number of nitrogens with zero attached hydrogens (tertiary/aromatic N) is 4. The molecule has 5 rings (SSSR count). The van der Waals surface area contributed by atoms with E-state index in [4.69, 9.17) is 5.41 Å². The molecule has 0 saturated carbocycles. The van der Waals surface area contributed by atoms with Crippen LogP contribution in [0.1, 0.15) is 55.6 Å². The Morgan fingerprint density at radius 1 is 1.03 bits per heavy atom. The normalized spacial score (nSPS) is 15.8. The van der Waals surface area contributed by atoms with E-state index in [1.807, 2.05) is 26.0 Å². The van der Waals surface area contributed by atoms with E-state index in [-0.39, 0.29) is 11.8 Å². The minimum Gasteiger partial charge on any atom is -0.371 e. The van der Waals surface area contributed by atoms with Crippen molar-refractivity contribution in [1.82, 2.24) is 4.98 Å². The molecule has 3 aromatic rings. The lowest BCUT2D eigenvalue weighted by atomic mass is 9.91. The molecule has 0 spiro atoms. The maximum absolute atomic E-state index is 12.0. The largest absolute Gasteiger partial charge is 0.371 e. The van der Waals surface area contributed by atoms with E-state index < -0.39 is 0 Å². The molecule has 7 nitrogen and oxygen atoms in total. The first kappa shape index (κ1) is 26.4. The van der Waals surface area contributed by atoms with Crippen LogP contribution in [0.4, 0.5) is 22.9 Å². The van der Waals surface area contributed by atoms with Crippen molar-refractivity contribution in [3.8, 4) is 17.2 Å². The summed E-state index contributed by atoms with van der Waals surface area (Å²) in [4.78, 5) is 21.3. The Labute approximate surface area is 231 Å². The first-order valence-corrected chi connectivity index (χ1v) is 13.9. The SMILES string of the molecule is CC(C)C(=N)c1c(-c2ccc(N3CCC(C#N)CC3)cc2)cc(C=O)nc1Nc1cccc(N2CCCC2)c1. The lowest BCUT2D eigenvalue weighted by molar-refractivity contribution is 0.111. The third kappa shape index (κ3) is 5.80. The van der Waals surface area contributed by atoms with Crippen LogP contribution in [-0.4, -0.2) is 43.2 Å². The van der Waals surface area contributed by atoms with E-state index in [0.717, 1.165) is 67.8 Å². The molecule has 3 heterocycles. The van der Waals surface area contributed by atoms with Crippen LogP contribution in [0, 0.1) is 28.6 Å². The highest BCUT2D eigenvalue weighted by atomic mass is 16.1. The Hall–Kier alpha value is -4.18. The number of aromatic nitrogens is 1. The molecule has 2 saturated heterocycles. The number of anilines is 4. The molecular formula is C32H36N6O. The number of carbonyl (C=O) groups excluding carboxylic acids is 1. The second kappa shape index (κ2) is 11.7. The van der Waals surface area contributed by atoms with Gasteiger partial charge in [0.2, 0.25) is 0 Å². The van der Waals surface area contributed by atoms with E-state index in [1.54, 1.807) is 6.07 Å². The fourth-order valence-corrected chi connectivity index (χ4v) is 5.52. The van der Waals surface area contributed by atoms with E-state index in [1.165, 1.54) is 18.5 Å².